The van der Waals surface area contributed by atoms with Crippen molar-refractivity contribution in [3.8, 4) is 6.07 Å². The van der Waals surface area contributed by atoms with Gasteiger partial charge in [-0.3, -0.25) is 9.59 Å². The topological polar surface area (TPSA) is 82.4 Å². The molecule has 0 spiro atoms. The number of nitrogens with zero attached hydrogens (tertiary/aromatic N) is 2. The Labute approximate surface area is 136 Å². The van der Waals surface area contributed by atoms with Gasteiger partial charge in [0.2, 0.25) is 5.91 Å². The second-order valence-corrected chi connectivity index (χ2v) is 5.63. The van der Waals surface area contributed by atoms with Crippen molar-refractivity contribution in [3.63, 3.8) is 0 Å². The third-order valence-electron chi connectivity index (χ3n) is 4.07. The Kier molecular flexibility index (Phi) is 6.12. The Morgan fingerprint density at radius 1 is 1.30 bits per heavy atom. The first kappa shape index (κ1) is 17.0. The van der Waals surface area contributed by atoms with Gasteiger partial charge in [-0.25, -0.2) is 0 Å². The van der Waals surface area contributed by atoms with Crippen molar-refractivity contribution in [2.75, 3.05) is 32.1 Å². The number of benzene rings is 1. The maximum absolute atomic E-state index is 12.0. The number of rotatable bonds is 5. The summed E-state index contributed by atoms with van der Waals surface area (Å²) >= 11 is 0. The average Bonchev–Trinajstić information content (AvgIpc) is 2.60. The Balaban J connectivity index is 1.71. The fourth-order valence-corrected chi connectivity index (χ4v) is 2.67. The average molecular weight is 315 g/mol. The molecule has 1 aliphatic heterocycles. The number of carbonyl (C=O) groups is 2. The molecule has 1 aromatic carbocycles. The van der Waals surface area contributed by atoms with Gasteiger partial charge in [0.1, 0.15) is 0 Å². The number of ether oxygens (including phenoxy) is 1. The van der Waals surface area contributed by atoms with Crippen LogP contribution in [-0.2, 0) is 14.3 Å². The van der Waals surface area contributed by atoms with Gasteiger partial charge >= 0.3 is 5.97 Å². The molecule has 0 bridgehead atoms. The van der Waals surface area contributed by atoms with Crippen LogP contribution >= 0.6 is 0 Å². The van der Waals surface area contributed by atoms with Gasteiger partial charge in [-0.1, -0.05) is 0 Å². The molecule has 122 valence electrons. The van der Waals surface area contributed by atoms with E-state index in [4.69, 9.17) is 10.00 Å². The number of nitriles is 1. The number of hydrogen-bond donors (Lipinski definition) is 1. The van der Waals surface area contributed by atoms with Crippen LogP contribution in [-0.4, -0.2) is 43.5 Å². The zero-order valence-corrected chi connectivity index (χ0v) is 13.2. The van der Waals surface area contributed by atoms with E-state index in [-0.39, 0.29) is 17.8 Å². The van der Waals surface area contributed by atoms with Gasteiger partial charge in [-0.2, -0.15) is 5.26 Å². The summed E-state index contributed by atoms with van der Waals surface area (Å²) in [4.78, 5) is 25.6. The predicted octanol–water partition coefficient (Wildman–Crippen LogP) is 1.77. The maximum atomic E-state index is 12.0. The van der Waals surface area contributed by atoms with Crippen LogP contribution in [0.3, 0.4) is 0 Å². The summed E-state index contributed by atoms with van der Waals surface area (Å²) < 4.78 is 4.76. The predicted molar refractivity (Wildman–Crippen MR) is 85.6 cm³/mol. The molecule has 0 unspecified atom stereocenters. The molecule has 0 aromatic heterocycles. The molecule has 1 saturated heterocycles. The standard InChI is InChI=1S/C17H21N3O3/c1-23-17(22)14-6-9-20(10-7-14)11-8-16(21)19-15-4-2-13(12-18)3-5-15/h2-5,14H,6-11H2,1H3,(H,19,21). The number of esters is 1. The molecule has 0 aliphatic carbocycles. The largest absolute Gasteiger partial charge is 0.469 e. The van der Waals surface area contributed by atoms with Crippen molar-refractivity contribution in [2.45, 2.75) is 19.3 Å². The second kappa shape index (κ2) is 8.30. The van der Waals surface area contributed by atoms with Gasteiger partial charge in [0.25, 0.3) is 0 Å². The van der Waals surface area contributed by atoms with Crippen LogP contribution in [0.25, 0.3) is 0 Å². The maximum Gasteiger partial charge on any atom is 0.308 e. The quantitative estimate of drug-likeness (QED) is 0.837. The van der Waals surface area contributed by atoms with Gasteiger partial charge in [0, 0.05) is 18.7 Å². The summed E-state index contributed by atoms with van der Waals surface area (Å²) in [5, 5.41) is 11.6. The van der Waals surface area contributed by atoms with E-state index in [0.29, 0.717) is 24.2 Å². The van der Waals surface area contributed by atoms with Crippen LogP contribution in [0, 0.1) is 17.2 Å². The fourth-order valence-electron chi connectivity index (χ4n) is 2.67. The highest BCUT2D eigenvalue weighted by Gasteiger charge is 2.25. The van der Waals surface area contributed by atoms with Gasteiger partial charge in [0.15, 0.2) is 0 Å². The third kappa shape index (κ3) is 5.08. The number of piperidine rings is 1. The summed E-state index contributed by atoms with van der Waals surface area (Å²) in [5.74, 6) is -0.197. The molecule has 6 nitrogen and oxygen atoms in total. The molecule has 2 rings (SSSR count). The summed E-state index contributed by atoms with van der Waals surface area (Å²) in [7, 11) is 1.42. The Morgan fingerprint density at radius 2 is 1.96 bits per heavy atom. The fraction of sp³-hybridized carbons (Fsp3) is 0.471. The van der Waals surface area contributed by atoms with Crippen molar-refractivity contribution >= 4 is 17.6 Å². The van der Waals surface area contributed by atoms with Crippen LogP contribution in [0.5, 0.6) is 0 Å². The van der Waals surface area contributed by atoms with E-state index in [1.807, 2.05) is 6.07 Å². The molecule has 1 fully saturated rings. The zero-order valence-electron chi connectivity index (χ0n) is 13.2. The van der Waals surface area contributed by atoms with Gasteiger partial charge in [-0.15, -0.1) is 0 Å². The van der Waals surface area contributed by atoms with Crippen LogP contribution < -0.4 is 5.32 Å². The van der Waals surface area contributed by atoms with E-state index >= 15 is 0 Å². The van der Waals surface area contributed by atoms with E-state index in [1.54, 1.807) is 24.3 Å². The van der Waals surface area contributed by atoms with Gasteiger partial charge in [-0.05, 0) is 50.2 Å². The van der Waals surface area contributed by atoms with E-state index < -0.39 is 0 Å². The number of hydrogen-bond acceptors (Lipinski definition) is 5. The number of nitrogens with one attached hydrogen (secondary N) is 1. The highest BCUT2D eigenvalue weighted by atomic mass is 16.5. The van der Waals surface area contributed by atoms with Crippen molar-refractivity contribution in [1.82, 2.24) is 4.90 Å². The number of carbonyl (C=O) groups excluding carboxylic acids is 2. The molecular formula is C17H21N3O3. The monoisotopic (exact) mass is 315 g/mol. The molecule has 0 atom stereocenters. The zero-order chi connectivity index (χ0) is 16.7. The SMILES string of the molecule is COC(=O)C1CCN(CCC(=O)Nc2ccc(C#N)cc2)CC1. The van der Waals surface area contributed by atoms with Crippen molar-refractivity contribution in [1.29, 1.82) is 5.26 Å². The van der Waals surface area contributed by atoms with Crippen molar-refractivity contribution < 1.29 is 14.3 Å². The molecule has 0 saturated carbocycles. The first-order chi connectivity index (χ1) is 11.1. The lowest BCUT2D eigenvalue weighted by Gasteiger charge is -2.30. The van der Waals surface area contributed by atoms with Gasteiger partial charge in [0.05, 0.1) is 24.7 Å². The Bertz CT molecular complexity index is 584. The molecule has 23 heavy (non-hydrogen) atoms. The third-order valence-corrected chi connectivity index (χ3v) is 4.07. The van der Waals surface area contributed by atoms with E-state index in [9.17, 15) is 9.59 Å². The number of anilines is 1. The summed E-state index contributed by atoms with van der Waals surface area (Å²) in [6, 6.07) is 8.83. The van der Waals surface area contributed by atoms with Crippen LogP contribution in [0.4, 0.5) is 5.69 Å². The van der Waals surface area contributed by atoms with E-state index in [0.717, 1.165) is 25.9 Å². The molecule has 1 amide bonds. The molecule has 6 heteroatoms. The molecule has 1 N–H and O–H groups in total. The summed E-state index contributed by atoms with van der Waals surface area (Å²) in [6.07, 6.45) is 1.97. The molecule has 1 heterocycles. The van der Waals surface area contributed by atoms with Crippen molar-refractivity contribution in [3.05, 3.63) is 29.8 Å². The Morgan fingerprint density at radius 3 is 2.52 bits per heavy atom. The Hall–Kier alpha value is -2.39. The van der Waals surface area contributed by atoms with Crippen LogP contribution in [0.1, 0.15) is 24.8 Å². The lowest BCUT2D eigenvalue weighted by Crippen LogP contribution is -2.38. The minimum atomic E-state index is -0.136. The normalized spacial score (nSPS) is 15.7. The van der Waals surface area contributed by atoms with Crippen LogP contribution in [0.2, 0.25) is 0 Å². The van der Waals surface area contributed by atoms with E-state index in [1.165, 1.54) is 7.11 Å². The molecule has 1 aromatic rings. The lowest BCUT2D eigenvalue weighted by atomic mass is 9.97. The minimum Gasteiger partial charge on any atom is -0.469 e. The second-order valence-electron chi connectivity index (χ2n) is 5.63. The summed E-state index contributed by atoms with van der Waals surface area (Å²) in [6.45, 7) is 2.30. The first-order valence-corrected chi connectivity index (χ1v) is 7.72. The highest BCUT2D eigenvalue weighted by molar-refractivity contribution is 5.90. The minimum absolute atomic E-state index is 0.0104. The molecule has 0 radical (unpaired) electrons. The highest BCUT2D eigenvalue weighted by Crippen LogP contribution is 2.18. The van der Waals surface area contributed by atoms with Crippen molar-refractivity contribution in [2.24, 2.45) is 5.92 Å². The number of amides is 1. The summed E-state index contributed by atoms with van der Waals surface area (Å²) in [5.41, 5.74) is 1.26. The molecular weight excluding hydrogens is 294 g/mol. The lowest BCUT2D eigenvalue weighted by molar-refractivity contribution is -0.147. The first-order valence-electron chi connectivity index (χ1n) is 7.72. The number of likely N-dealkylation sites (tertiary alicyclic amines) is 1. The number of methoxy groups -OCH3 is 1. The molecule has 1 aliphatic rings. The van der Waals surface area contributed by atoms with Crippen LogP contribution in [0.15, 0.2) is 24.3 Å². The van der Waals surface area contributed by atoms with E-state index in [2.05, 4.69) is 10.2 Å². The smallest absolute Gasteiger partial charge is 0.308 e. The van der Waals surface area contributed by atoms with Gasteiger partial charge < -0.3 is 15.0 Å².